The quantitative estimate of drug-likeness (QED) is 0.183. The molecule has 9 heteroatoms. The predicted molar refractivity (Wildman–Crippen MR) is 171 cm³/mol. The molecule has 4 rings (SSSR count). The third-order valence-electron chi connectivity index (χ3n) is 7.13. The Morgan fingerprint density at radius 2 is 1.43 bits per heavy atom. The summed E-state index contributed by atoms with van der Waals surface area (Å²) < 4.78 is 21.9. The summed E-state index contributed by atoms with van der Waals surface area (Å²) in [6, 6.07) is 28.8. The first kappa shape index (κ1) is 32.2. The molecule has 0 aliphatic heterocycles. The number of ether oxygens (including phenoxy) is 4. The third kappa shape index (κ3) is 8.91. The van der Waals surface area contributed by atoms with E-state index in [1.165, 1.54) is 0 Å². The second-order valence-corrected chi connectivity index (χ2v) is 10.4. The van der Waals surface area contributed by atoms with Crippen LogP contribution in [0.2, 0.25) is 5.02 Å². The average Bonchev–Trinajstić information content (AvgIpc) is 3.06. The molecule has 8 nitrogen and oxygen atoms in total. The maximum Gasteiger partial charge on any atom is 0.261 e. The van der Waals surface area contributed by atoms with Crippen LogP contribution in [0.15, 0.2) is 97.1 Å². The molecule has 0 radical (unpaired) electrons. The monoisotopic (exact) mass is 616 g/mol. The summed E-state index contributed by atoms with van der Waals surface area (Å²) in [7, 11) is 4.77. The van der Waals surface area contributed by atoms with E-state index in [0.29, 0.717) is 47.4 Å². The Morgan fingerprint density at radius 1 is 0.750 bits per heavy atom. The first-order valence-electron chi connectivity index (χ1n) is 14.2. The van der Waals surface area contributed by atoms with E-state index in [1.807, 2.05) is 72.8 Å². The lowest BCUT2D eigenvalue weighted by molar-refractivity contribution is -0.142. The Labute approximate surface area is 263 Å². The van der Waals surface area contributed by atoms with Gasteiger partial charge in [0.2, 0.25) is 5.91 Å². The van der Waals surface area contributed by atoms with Gasteiger partial charge in [0.05, 0.1) is 26.4 Å². The van der Waals surface area contributed by atoms with Crippen LogP contribution in [0.1, 0.15) is 16.7 Å². The van der Waals surface area contributed by atoms with Gasteiger partial charge >= 0.3 is 0 Å². The van der Waals surface area contributed by atoms with Gasteiger partial charge in [-0.3, -0.25) is 9.59 Å². The van der Waals surface area contributed by atoms with E-state index < -0.39 is 6.04 Å². The minimum atomic E-state index is -0.813. The highest BCUT2D eigenvalue weighted by Gasteiger charge is 2.30. The summed E-state index contributed by atoms with van der Waals surface area (Å²) in [5, 5.41) is 3.45. The van der Waals surface area contributed by atoms with Crippen LogP contribution in [-0.2, 0) is 29.0 Å². The van der Waals surface area contributed by atoms with Crippen LogP contribution in [0.4, 0.5) is 0 Å². The van der Waals surface area contributed by atoms with Gasteiger partial charge in [-0.05, 0) is 59.5 Å². The highest BCUT2D eigenvalue weighted by atomic mass is 35.5. The standard InChI is InChI=1S/C35H37ClN2O6/c1-41-28-16-13-27(14-17-28)23-38(34(39)24-44-31-12-8-7-11-29(31)36)30(21-25-9-5-4-6-10-25)35(40)37-20-19-26-15-18-32(42-2)33(22-26)43-3/h4-18,22,30H,19-21,23-24H2,1-3H3,(H,37,40). The Kier molecular flexibility index (Phi) is 11.9. The molecule has 0 heterocycles. The molecule has 1 N–H and O–H groups in total. The van der Waals surface area contributed by atoms with Gasteiger partial charge in [0.1, 0.15) is 17.5 Å². The second kappa shape index (κ2) is 16.2. The summed E-state index contributed by atoms with van der Waals surface area (Å²) in [4.78, 5) is 29.3. The minimum Gasteiger partial charge on any atom is -0.497 e. The van der Waals surface area contributed by atoms with Crippen molar-refractivity contribution in [2.75, 3.05) is 34.5 Å². The molecule has 0 fully saturated rings. The molecule has 0 aliphatic carbocycles. The maximum absolute atomic E-state index is 13.9. The number of hydrogen-bond acceptors (Lipinski definition) is 6. The summed E-state index contributed by atoms with van der Waals surface area (Å²) in [6.07, 6.45) is 0.878. The molecule has 0 saturated heterocycles. The van der Waals surface area contributed by atoms with E-state index >= 15 is 0 Å². The Bertz CT molecular complexity index is 1510. The van der Waals surface area contributed by atoms with Gasteiger partial charge in [-0.15, -0.1) is 0 Å². The van der Waals surface area contributed by atoms with Gasteiger partial charge in [0, 0.05) is 19.5 Å². The molecule has 1 atom stereocenters. The van der Waals surface area contributed by atoms with E-state index in [-0.39, 0.29) is 25.0 Å². The predicted octanol–water partition coefficient (Wildman–Crippen LogP) is 5.74. The first-order chi connectivity index (χ1) is 21.4. The van der Waals surface area contributed by atoms with Crippen LogP contribution < -0.4 is 24.3 Å². The Morgan fingerprint density at radius 3 is 2.11 bits per heavy atom. The van der Waals surface area contributed by atoms with Crippen molar-refractivity contribution in [3.8, 4) is 23.0 Å². The maximum atomic E-state index is 13.9. The molecular weight excluding hydrogens is 580 g/mol. The van der Waals surface area contributed by atoms with Gasteiger partial charge in [0.25, 0.3) is 5.91 Å². The minimum absolute atomic E-state index is 0.190. The molecule has 0 bridgehead atoms. The van der Waals surface area contributed by atoms with Crippen molar-refractivity contribution in [3.63, 3.8) is 0 Å². The summed E-state index contributed by atoms with van der Waals surface area (Å²) in [5.41, 5.74) is 2.74. The summed E-state index contributed by atoms with van der Waals surface area (Å²) >= 11 is 6.27. The van der Waals surface area contributed by atoms with Crippen LogP contribution in [0.5, 0.6) is 23.0 Å². The molecule has 0 aromatic heterocycles. The fraction of sp³-hybridized carbons (Fsp3) is 0.257. The Balaban J connectivity index is 1.57. The number of halogens is 1. The van der Waals surface area contributed by atoms with Crippen molar-refractivity contribution in [3.05, 3.63) is 119 Å². The first-order valence-corrected chi connectivity index (χ1v) is 14.6. The smallest absolute Gasteiger partial charge is 0.261 e. The van der Waals surface area contributed by atoms with Crippen molar-refractivity contribution < 1.29 is 28.5 Å². The van der Waals surface area contributed by atoms with E-state index in [4.69, 9.17) is 30.5 Å². The molecule has 4 aromatic rings. The SMILES string of the molecule is COc1ccc(CN(C(=O)COc2ccccc2Cl)C(Cc2ccccc2)C(=O)NCCc2ccc(OC)c(OC)c2)cc1. The fourth-order valence-corrected chi connectivity index (χ4v) is 4.94. The van der Waals surface area contributed by atoms with Crippen molar-refractivity contribution in [1.82, 2.24) is 10.2 Å². The van der Waals surface area contributed by atoms with E-state index in [1.54, 1.807) is 50.5 Å². The number of methoxy groups -OCH3 is 3. The molecule has 0 aliphatic rings. The van der Waals surface area contributed by atoms with Crippen molar-refractivity contribution in [2.45, 2.75) is 25.4 Å². The molecule has 2 amide bonds. The van der Waals surface area contributed by atoms with Crippen LogP contribution in [-0.4, -0.2) is 57.2 Å². The summed E-state index contributed by atoms with van der Waals surface area (Å²) in [5.74, 6) is 1.72. The Hall–Kier alpha value is -4.69. The number of rotatable bonds is 15. The lowest BCUT2D eigenvalue weighted by Crippen LogP contribution is -2.52. The van der Waals surface area contributed by atoms with E-state index in [9.17, 15) is 9.59 Å². The number of carbonyl (C=O) groups is 2. The van der Waals surface area contributed by atoms with E-state index in [0.717, 1.165) is 16.7 Å². The third-order valence-corrected chi connectivity index (χ3v) is 7.44. The molecule has 0 spiro atoms. The zero-order chi connectivity index (χ0) is 31.3. The summed E-state index contributed by atoms with van der Waals surface area (Å²) in [6.45, 7) is 0.264. The fourth-order valence-electron chi connectivity index (χ4n) is 4.75. The van der Waals surface area contributed by atoms with Gasteiger partial charge in [-0.25, -0.2) is 0 Å². The highest BCUT2D eigenvalue weighted by molar-refractivity contribution is 6.32. The number of hydrogen-bond donors (Lipinski definition) is 1. The number of nitrogens with one attached hydrogen (secondary N) is 1. The van der Waals surface area contributed by atoms with Crippen LogP contribution in [0, 0.1) is 0 Å². The van der Waals surface area contributed by atoms with Crippen LogP contribution >= 0.6 is 11.6 Å². The number of benzene rings is 4. The van der Waals surface area contributed by atoms with Crippen LogP contribution in [0.3, 0.4) is 0 Å². The van der Waals surface area contributed by atoms with Gasteiger partial charge in [-0.1, -0.05) is 72.3 Å². The molecular formula is C35H37ClN2O6. The molecule has 230 valence electrons. The molecule has 0 saturated carbocycles. The van der Waals surface area contributed by atoms with Crippen molar-refractivity contribution >= 4 is 23.4 Å². The second-order valence-electron chi connectivity index (χ2n) is 10.0. The zero-order valence-electron chi connectivity index (χ0n) is 25.1. The van der Waals surface area contributed by atoms with Gasteiger partial charge in [-0.2, -0.15) is 0 Å². The number of amides is 2. The number of carbonyl (C=O) groups excluding carboxylic acids is 2. The topological polar surface area (TPSA) is 86.3 Å². The average molecular weight is 617 g/mol. The number of nitrogens with zero attached hydrogens (tertiary/aromatic N) is 1. The molecule has 44 heavy (non-hydrogen) atoms. The lowest BCUT2D eigenvalue weighted by Gasteiger charge is -2.31. The van der Waals surface area contributed by atoms with Crippen LogP contribution in [0.25, 0.3) is 0 Å². The van der Waals surface area contributed by atoms with E-state index in [2.05, 4.69) is 5.32 Å². The lowest BCUT2D eigenvalue weighted by atomic mass is 10.0. The largest absolute Gasteiger partial charge is 0.497 e. The number of para-hydroxylation sites is 1. The zero-order valence-corrected chi connectivity index (χ0v) is 25.9. The van der Waals surface area contributed by atoms with Gasteiger partial charge < -0.3 is 29.2 Å². The normalized spacial score (nSPS) is 11.3. The molecule has 4 aromatic carbocycles. The molecule has 1 unspecified atom stereocenters. The highest BCUT2D eigenvalue weighted by Crippen LogP contribution is 2.28. The van der Waals surface area contributed by atoms with Gasteiger partial charge in [0.15, 0.2) is 18.1 Å². The van der Waals surface area contributed by atoms with Crippen molar-refractivity contribution in [2.24, 2.45) is 0 Å². The van der Waals surface area contributed by atoms with Crippen molar-refractivity contribution in [1.29, 1.82) is 0 Å².